The SMILES string of the molecule is COC1CCCC1NS(=O)(=O)c1cc(CO)cc(C)c1Br. The van der Waals surface area contributed by atoms with Crippen molar-refractivity contribution in [2.45, 2.75) is 49.8 Å². The van der Waals surface area contributed by atoms with E-state index < -0.39 is 10.0 Å². The largest absolute Gasteiger partial charge is 0.392 e. The zero-order chi connectivity index (χ0) is 15.6. The van der Waals surface area contributed by atoms with Gasteiger partial charge in [-0.1, -0.05) is 6.07 Å². The summed E-state index contributed by atoms with van der Waals surface area (Å²) < 4.78 is 33.8. The minimum atomic E-state index is -3.66. The highest BCUT2D eigenvalue weighted by molar-refractivity contribution is 9.10. The summed E-state index contributed by atoms with van der Waals surface area (Å²) in [6, 6.07) is 3.05. The molecule has 118 valence electrons. The number of benzene rings is 1. The fourth-order valence-corrected chi connectivity index (χ4v) is 5.07. The summed E-state index contributed by atoms with van der Waals surface area (Å²) in [4.78, 5) is 0.160. The van der Waals surface area contributed by atoms with Crippen LogP contribution in [-0.2, 0) is 21.4 Å². The Hall–Kier alpha value is -0.470. The molecule has 7 heteroatoms. The van der Waals surface area contributed by atoms with Crippen LogP contribution < -0.4 is 4.72 Å². The number of hydrogen-bond donors (Lipinski definition) is 2. The van der Waals surface area contributed by atoms with E-state index in [1.165, 1.54) is 6.07 Å². The number of aliphatic hydroxyl groups excluding tert-OH is 1. The van der Waals surface area contributed by atoms with Crippen LogP contribution in [0.2, 0.25) is 0 Å². The molecule has 0 aliphatic heterocycles. The maximum absolute atomic E-state index is 12.6. The van der Waals surface area contributed by atoms with E-state index in [1.807, 2.05) is 0 Å². The molecule has 1 aliphatic rings. The predicted molar refractivity (Wildman–Crippen MR) is 83.6 cm³/mol. The van der Waals surface area contributed by atoms with Gasteiger partial charge in [0.25, 0.3) is 0 Å². The van der Waals surface area contributed by atoms with Gasteiger partial charge in [0.05, 0.1) is 17.6 Å². The molecule has 2 atom stereocenters. The Balaban J connectivity index is 2.33. The molecule has 1 aromatic rings. The van der Waals surface area contributed by atoms with E-state index in [0.29, 0.717) is 10.0 Å². The van der Waals surface area contributed by atoms with Crippen molar-refractivity contribution in [3.63, 3.8) is 0 Å². The monoisotopic (exact) mass is 377 g/mol. The number of halogens is 1. The minimum Gasteiger partial charge on any atom is -0.392 e. The van der Waals surface area contributed by atoms with Crippen molar-refractivity contribution < 1.29 is 18.3 Å². The number of hydrogen-bond acceptors (Lipinski definition) is 4. The summed E-state index contributed by atoms with van der Waals surface area (Å²) in [7, 11) is -2.06. The molecule has 0 amide bonds. The van der Waals surface area contributed by atoms with E-state index in [9.17, 15) is 13.5 Å². The van der Waals surface area contributed by atoms with Crippen LogP contribution in [-0.4, -0.2) is 32.8 Å². The summed E-state index contributed by atoms with van der Waals surface area (Å²) in [5.74, 6) is 0. The average molecular weight is 378 g/mol. The first-order chi connectivity index (χ1) is 9.89. The first-order valence-corrected chi connectivity index (χ1v) is 9.11. The van der Waals surface area contributed by atoms with E-state index in [1.54, 1.807) is 20.1 Å². The zero-order valence-corrected chi connectivity index (χ0v) is 14.5. The third-order valence-electron chi connectivity index (χ3n) is 3.81. The number of methoxy groups -OCH3 is 1. The molecule has 1 aromatic carbocycles. The predicted octanol–water partition coefficient (Wildman–Crippen LogP) is 2.10. The highest BCUT2D eigenvalue weighted by Crippen LogP contribution is 2.29. The van der Waals surface area contributed by atoms with Gasteiger partial charge in [-0.05, 0) is 59.3 Å². The first-order valence-electron chi connectivity index (χ1n) is 6.84. The molecule has 0 bridgehead atoms. The van der Waals surface area contributed by atoms with Crippen LogP contribution in [0.15, 0.2) is 21.5 Å². The van der Waals surface area contributed by atoms with Gasteiger partial charge in [0.2, 0.25) is 10.0 Å². The molecule has 2 rings (SSSR count). The molecule has 1 fully saturated rings. The molecule has 0 spiro atoms. The lowest BCUT2D eigenvalue weighted by molar-refractivity contribution is 0.0916. The van der Waals surface area contributed by atoms with Crippen molar-refractivity contribution in [3.05, 3.63) is 27.7 Å². The van der Waals surface area contributed by atoms with Gasteiger partial charge in [0.15, 0.2) is 0 Å². The molecule has 0 aromatic heterocycles. The molecule has 0 heterocycles. The van der Waals surface area contributed by atoms with Crippen LogP contribution in [0, 0.1) is 6.92 Å². The summed E-state index contributed by atoms with van der Waals surface area (Å²) in [5.41, 5.74) is 1.35. The number of sulfonamides is 1. The standard InChI is InChI=1S/C14H20BrNO4S/c1-9-6-10(8-17)7-13(14(9)15)21(18,19)16-11-4-3-5-12(11)20-2/h6-7,11-12,16-17H,3-5,8H2,1-2H3. The third kappa shape index (κ3) is 3.65. The fourth-order valence-electron chi connectivity index (χ4n) is 2.70. The topological polar surface area (TPSA) is 75.6 Å². The van der Waals surface area contributed by atoms with Crippen LogP contribution in [0.5, 0.6) is 0 Å². The number of aryl methyl sites for hydroxylation is 1. The fraction of sp³-hybridized carbons (Fsp3) is 0.571. The second-order valence-corrected chi connectivity index (χ2v) is 7.79. The highest BCUT2D eigenvalue weighted by atomic mass is 79.9. The summed E-state index contributed by atoms with van der Waals surface area (Å²) in [5, 5.41) is 9.26. The number of nitrogens with one attached hydrogen (secondary N) is 1. The number of ether oxygens (including phenoxy) is 1. The molecule has 0 saturated heterocycles. The molecular weight excluding hydrogens is 358 g/mol. The van der Waals surface area contributed by atoms with Crippen LogP contribution in [0.4, 0.5) is 0 Å². The lowest BCUT2D eigenvalue weighted by Crippen LogP contribution is -2.40. The van der Waals surface area contributed by atoms with Gasteiger partial charge in [0, 0.05) is 17.6 Å². The van der Waals surface area contributed by atoms with Gasteiger partial charge >= 0.3 is 0 Å². The Morgan fingerprint density at radius 1 is 1.43 bits per heavy atom. The number of aliphatic hydroxyl groups is 1. The Morgan fingerprint density at radius 3 is 2.76 bits per heavy atom. The normalized spacial score (nSPS) is 22.7. The van der Waals surface area contributed by atoms with Gasteiger partial charge in [-0.15, -0.1) is 0 Å². The van der Waals surface area contributed by atoms with Crippen molar-refractivity contribution in [2.75, 3.05) is 7.11 Å². The van der Waals surface area contributed by atoms with Gasteiger partial charge in [0.1, 0.15) is 0 Å². The maximum Gasteiger partial charge on any atom is 0.242 e. The highest BCUT2D eigenvalue weighted by Gasteiger charge is 2.32. The lowest BCUT2D eigenvalue weighted by Gasteiger charge is -2.20. The van der Waals surface area contributed by atoms with Crippen LogP contribution in [0.25, 0.3) is 0 Å². The van der Waals surface area contributed by atoms with Gasteiger partial charge in [-0.3, -0.25) is 0 Å². The van der Waals surface area contributed by atoms with E-state index >= 15 is 0 Å². The summed E-state index contributed by atoms with van der Waals surface area (Å²) in [6.07, 6.45) is 2.50. The van der Waals surface area contributed by atoms with Crippen molar-refractivity contribution in [1.29, 1.82) is 0 Å². The van der Waals surface area contributed by atoms with E-state index in [4.69, 9.17) is 4.74 Å². The van der Waals surface area contributed by atoms with Gasteiger partial charge in [-0.2, -0.15) is 0 Å². The molecule has 2 N–H and O–H groups in total. The molecular formula is C14H20BrNO4S. The molecule has 0 radical (unpaired) electrons. The van der Waals surface area contributed by atoms with Gasteiger partial charge < -0.3 is 9.84 Å². The summed E-state index contributed by atoms with van der Waals surface area (Å²) >= 11 is 3.33. The molecule has 1 aliphatic carbocycles. The Morgan fingerprint density at radius 2 is 2.14 bits per heavy atom. The second kappa shape index (κ2) is 6.75. The van der Waals surface area contributed by atoms with Crippen LogP contribution in [0.3, 0.4) is 0 Å². The Kier molecular flexibility index (Phi) is 5.43. The van der Waals surface area contributed by atoms with E-state index in [0.717, 1.165) is 24.8 Å². The first kappa shape index (κ1) is 16.9. The number of rotatable bonds is 5. The molecule has 5 nitrogen and oxygen atoms in total. The Labute approximate surface area is 133 Å². The van der Waals surface area contributed by atoms with Gasteiger partial charge in [-0.25, -0.2) is 13.1 Å². The maximum atomic E-state index is 12.6. The van der Waals surface area contributed by atoms with Crippen molar-refractivity contribution >= 4 is 26.0 Å². The summed E-state index contributed by atoms with van der Waals surface area (Å²) in [6.45, 7) is 1.61. The minimum absolute atomic E-state index is 0.0827. The van der Waals surface area contributed by atoms with Crippen molar-refractivity contribution in [3.8, 4) is 0 Å². The molecule has 21 heavy (non-hydrogen) atoms. The Bertz CT molecular complexity index is 618. The quantitative estimate of drug-likeness (QED) is 0.823. The average Bonchev–Trinajstić information content (AvgIpc) is 2.87. The molecule has 2 unspecified atom stereocenters. The van der Waals surface area contributed by atoms with Crippen LogP contribution in [0.1, 0.15) is 30.4 Å². The third-order valence-corrected chi connectivity index (χ3v) is 6.64. The smallest absolute Gasteiger partial charge is 0.242 e. The van der Waals surface area contributed by atoms with E-state index in [2.05, 4.69) is 20.7 Å². The molecule has 1 saturated carbocycles. The van der Waals surface area contributed by atoms with Crippen LogP contribution >= 0.6 is 15.9 Å². The van der Waals surface area contributed by atoms with E-state index in [-0.39, 0.29) is 23.6 Å². The van der Waals surface area contributed by atoms with Crippen molar-refractivity contribution in [2.24, 2.45) is 0 Å². The zero-order valence-electron chi connectivity index (χ0n) is 12.1. The van der Waals surface area contributed by atoms with Crippen molar-refractivity contribution in [1.82, 2.24) is 4.72 Å². The lowest BCUT2D eigenvalue weighted by atomic mass is 10.1. The second-order valence-electron chi connectivity index (χ2n) is 5.32.